The molecule has 5 heteroatoms. The average Bonchev–Trinajstić information content (AvgIpc) is 2.72. The minimum absolute atomic E-state index is 0.0918. The number of aromatic nitrogens is 2. The van der Waals surface area contributed by atoms with E-state index in [9.17, 15) is 4.79 Å². The van der Waals surface area contributed by atoms with E-state index in [-0.39, 0.29) is 5.91 Å². The highest BCUT2D eigenvalue weighted by Gasteiger charge is 2.04. The van der Waals surface area contributed by atoms with Crippen LogP contribution in [0.2, 0.25) is 0 Å². The zero-order chi connectivity index (χ0) is 12.7. The summed E-state index contributed by atoms with van der Waals surface area (Å²) in [4.78, 5) is 11.5. The maximum absolute atomic E-state index is 11.5. The number of hydrogen-bond donors (Lipinski definition) is 2. The third-order valence-electron chi connectivity index (χ3n) is 2.69. The Morgan fingerprint density at radius 3 is 3.00 bits per heavy atom. The predicted octanol–water partition coefficient (Wildman–Crippen LogP) is 0.683. The van der Waals surface area contributed by atoms with Gasteiger partial charge in [0.05, 0.1) is 12.7 Å². The van der Waals surface area contributed by atoms with Gasteiger partial charge in [-0.05, 0) is 31.4 Å². The first-order chi connectivity index (χ1) is 8.11. The van der Waals surface area contributed by atoms with E-state index < -0.39 is 0 Å². The van der Waals surface area contributed by atoms with Gasteiger partial charge in [-0.2, -0.15) is 5.10 Å². The highest BCUT2D eigenvalue weighted by atomic mass is 16.1. The van der Waals surface area contributed by atoms with Crippen LogP contribution in [0.1, 0.15) is 25.3 Å². The first-order valence-electron chi connectivity index (χ1n) is 6.07. The van der Waals surface area contributed by atoms with Crippen molar-refractivity contribution in [1.82, 2.24) is 15.1 Å². The summed E-state index contributed by atoms with van der Waals surface area (Å²) in [6.07, 6.45) is 5.17. The lowest BCUT2D eigenvalue weighted by Crippen LogP contribution is -2.27. The van der Waals surface area contributed by atoms with E-state index in [0.29, 0.717) is 32.0 Å². The molecule has 0 radical (unpaired) electrons. The molecule has 1 atom stereocenters. The van der Waals surface area contributed by atoms with Crippen molar-refractivity contribution < 1.29 is 4.79 Å². The van der Waals surface area contributed by atoms with Gasteiger partial charge in [0.25, 0.3) is 0 Å². The molecule has 96 valence electrons. The number of carbonyl (C=O) groups excluding carboxylic acids is 1. The third kappa shape index (κ3) is 5.49. The molecule has 1 unspecified atom stereocenters. The van der Waals surface area contributed by atoms with E-state index in [4.69, 9.17) is 5.73 Å². The molecule has 0 aliphatic heterocycles. The van der Waals surface area contributed by atoms with Crippen molar-refractivity contribution in [2.75, 3.05) is 13.1 Å². The highest BCUT2D eigenvalue weighted by Crippen LogP contribution is 2.02. The molecule has 1 rings (SSSR count). The minimum atomic E-state index is 0.0918. The standard InChI is InChI=1S/C12H22N4O/c1-10(7-13)3-4-12(17)14-5-6-16-9-11(2)8-15-16/h8-10H,3-7,13H2,1-2H3,(H,14,17). The third-order valence-corrected chi connectivity index (χ3v) is 2.69. The molecule has 0 fully saturated rings. The SMILES string of the molecule is Cc1cnn(CCNC(=O)CCC(C)CN)c1. The van der Waals surface area contributed by atoms with Crippen LogP contribution in [-0.4, -0.2) is 28.8 Å². The van der Waals surface area contributed by atoms with Crippen molar-refractivity contribution in [3.8, 4) is 0 Å². The van der Waals surface area contributed by atoms with E-state index in [1.54, 1.807) is 0 Å². The first kappa shape index (κ1) is 13.7. The largest absolute Gasteiger partial charge is 0.354 e. The summed E-state index contributed by atoms with van der Waals surface area (Å²) in [5.74, 6) is 0.503. The van der Waals surface area contributed by atoms with Gasteiger partial charge in [-0.25, -0.2) is 0 Å². The number of hydrogen-bond acceptors (Lipinski definition) is 3. The first-order valence-corrected chi connectivity index (χ1v) is 6.07. The van der Waals surface area contributed by atoms with E-state index in [1.165, 1.54) is 0 Å². The molecule has 0 aliphatic carbocycles. The van der Waals surface area contributed by atoms with Crippen LogP contribution in [0.3, 0.4) is 0 Å². The summed E-state index contributed by atoms with van der Waals surface area (Å²) in [6, 6.07) is 0. The fourth-order valence-corrected chi connectivity index (χ4v) is 1.48. The van der Waals surface area contributed by atoms with E-state index >= 15 is 0 Å². The van der Waals surface area contributed by atoms with E-state index in [2.05, 4.69) is 17.3 Å². The molecule has 5 nitrogen and oxygen atoms in total. The lowest BCUT2D eigenvalue weighted by molar-refractivity contribution is -0.121. The second-order valence-electron chi connectivity index (χ2n) is 4.51. The van der Waals surface area contributed by atoms with Crippen LogP contribution in [0.5, 0.6) is 0 Å². The monoisotopic (exact) mass is 238 g/mol. The predicted molar refractivity (Wildman–Crippen MR) is 67.4 cm³/mol. The Labute approximate surface area is 102 Å². The van der Waals surface area contributed by atoms with Gasteiger partial charge in [-0.15, -0.1) is 0 Å². The van der Waals surface area contributed by atoms with Gasteiger partial charge in [0.15, 0.2) is 0 Å². The van der Waals surface area contributed by atoms with Crippen LogP contribution >= 0.6 is 0 Å². The van der Waals surface area contributed by atoms with E-state index in [1.807, 2.05) is 24.0 Å². The molecule has 1 aromatic heterocycles. The van der Waals surface area contributed by atoms with Gasteiger partial charge in [0.2, 0.25) is 5.91 Å². The smallest absolute Gasteiger partial charge is 0.220 e. The summed E-state index contributed by atoms with van der Waals surface area (Å²) >= 11 is 0. The number of carbonyl (C=O) groups is 1. The maximum Gasteiger partial charge on any atom is 0.220 e. The molecule has 0 bridgehead atoms. The number of nitrogens with zero attached hydrogens (tertiary/aromatic N) is 2. The molecule has 0 spiro atoms. The Balaban J connectivity index is 2.12. The normalized spacial score (nSPS) is 12.4. The van der Waals surface area contributed by atoms with Crippen LogP contribution in [0.15, 0.2) is 12.4 Å². The Morgan fingerprint density at radius 2 is 2.41 bits per heavy atom. The Hall–Kier alpha value is -1.36. The van der Waals surface area contributed by atoms with Gasteiger partial charge < -0.3 is 11.1 Å². The summed E-state index contributed by atoms with van der Waals surface area (Å²) < 4.78 is 1.83. The molecule has 0 aliphatic rings. The topological polar surface area (TPSA) is 72.9 Å². The van der Waals surface area contributed by atoms with Crippen LogP contribution in [0.4, 0.5) is 0 Å². The second-order valence-corrected chi connectivity index (χ2v) is 4.51. The molecular weight excluding hydrogens is 216 g/mol. The lowest BCUT2D eigenvalue weighted by Gasteiger charge is -2.08. The molecule has 0 saturated heterocycles. The number of amides is 1. The Morgan fingerprint density at radius 1 is 1.65 bits per heavy atom. The number of rotatable bonds is 7. The van der Waals surface area contributed by atoms with Crippen molar-refractivity contribution in [3.05, 3.63) is 18.0 Å². The molecule has 0 saturated carbocycles. The number of nitrogens with two attached hydrogens (primary N) is 1. The van der Waals surface area contributed by atoms with Gasteiger partial charge >= 0.3 is 0 Å². The van der Waals surface area contributed by atoms with Crippen LogP contribution in [0, 0.1) is 12.8 Å². The van der Waals surface area contributed by atoms with Crippen molar-refractivity contribution >= 4 is 5.91 Å². The van der Waals surface area contributed by atoms with E-state index in [0.717, 1.165) is 12.0 Å². The second kappa shape index (κ2) is 7.06. The molecule has 1 aromatic rings. The average molecular weight is 238 g/mol. The van der Waals surface area contributed by atoms with Gasteiger partial charge in [0.1, 0.15) is 0 Å². The minimum Gasteiger partial charge on any atom is -0.354 e. The zero-order valence-electron chi connectivity index (χ0n) is 10.6. The molecule has 3 N–H and O–H groups in total. The van der Waals surface area contributed by atoms with Crippen LogP contribution < -0.4 is 11.1 Å². The highest BCUT2D eigenvalue weighted by molar-refractivity contribution is 5.75. The fourth-order valence-electron chi connectivity index (χ4n) is 1.48. The van der Waals surface area contributed by atoms with Crippen molar-refractivity contribution in [2.24, 2.45) is 11.7 Å². The quantitative estimate of drug-likeness (QED) is 0.733. The fraction of sp³-hybridized carbons (Fsp3) is 0.667. The molecular formula is C12H22N4O. The maximum atomic E-state index is 11.5. The summed E-state index contributed by atoms with van der Waals surface area (Å²) in [5, 5.41) is 7.03. The van der Waals surface area contributed by atoms with Gasteiger partial charge in [-0.3, -0.25) is 9.48 Å². The van der Waals surface area contributed by atoms with Crippen molar-refractivity contribution in [1.29, 1.82) is 0 Å². The van der Waals surface area contributed by atoms with Crippen molar-refractivity contribution in [3.63, 3.8) is 0 Å². The van der Waals surface area contributed by atoms with Gasteiger partial charge in [0, 0.05) is 19.2 Å². The van der Waals surface area contributed by atoms with Crippen molar-refractivity contribution in [2.45, 2.75) is 33.2 Å². The van der Waals surface area contributed by atoms with Crippen LogP contribution in [-0.2, 0) is 11.3 Å². The summed E-state index contributed by atoms with van der Waals surface area (Å²) in [5.41, 5.74) is 6.63. The molecule has 17 heavy (non-hydrogen) atoms. The summed E-state index contributed by atoms with van der Waals surface area (Å²) in [7, 11) is 0. The van der Waals surface area contributed by atoms with Crippen LogP contribution in [0.25, 0.3) is 0 Å². The number of nitrogens with one attached hydrogen (secondary N) is 1. The van der Waals surface area contributed by atoms with Gasteiger partial charge in [-0.1, -0.05) is 6.92 Å². The Bertz CT molecular complexity index is 348. The molecule has 1 heterocycles. The number of aryl methyl sites for hydroxylation is 1. The lowest BCUT2D eigenvalue weighted by atomic mass is 10.1. The molecule has 1 amide bonds. The Kier molecular flexibility index (Phi) is 5.69. The molecule has 0 aromatic carbocycles. The zero-order valence-corrected chi connectivity index (χ0v) is 10.6. The summed E-state index contributed by atoms with van der Waals surface area (Å²) in [6.45, 7) is 6.03.